The molecular formula is C20H17BrN6O4. The molecule has 1 heterocycles. The van der Waals surface area contributed by atoms with E-state index in [0.717, 1.165) is 10.0 Å². The van der Waals surface area contributed by atoms with Gasteiger partial charge in [0.15, 0.2) is 18.1 Å². The van der Waals surface area contributed by atoms with Crippen molar-refractivity contribution >= 4 is 45.5 Å². The molecular weight excluding hydrogens is 468 g/mol. The summed E-state index contributed by atoms with van der Waals surface area (Å²) < 4.78 is 7.11. The average Bonchev–Trinajstić information content (AvgIpc) is 3.20. The van der Waals surface area contributed by atoms with Crippen LogP contribution in [0.5, 0.6) is 0 Å². The summed E-state index contributed by atoms with van der Waals surface area (Å²) in [7, 11) is 0. The summed E-state index contributed by atoms with van der Waals surface area (Å²) in [6.45, 7) is 1.00. The molecule has 31 heavy (non-hydrogen) atoms. The highest BCUT2D eigenvalue weighted by atomic mass is 79.9. The van der Waals surface area contributed by atoms with Gasteiger partial charge in [-0.3, -0.25) is 20.4 Å². The molecule has 0 aliphatic carbocycles. The summed E-state index contributed by atoms with van der Waals surface area (Å²) in [4.78, 5) is 36.6. The predicted octanol–water partition coefficient (Wildman–Crippen LogP) is 1.75. The highest BCUT2D eigenvalue weighted by molar-refractivity contribution is 9.10. The highest BCUT2D eigenvalue weighted by Crippen LogP contribution is 2.13. The molecule has 11 heteroatoms. The van der Waals surface area contributed by atoms with Gasteiger partial charge < -0.3 is 4.74 Å². The molecule has 0 saturated heterocycles. The minimum Gasteiger partial charge on any atom is -0.451 e. The van der Waals surface area contributed by atoms with Gasteiger partial charge in [0.2, 0.25) is 0 Å². The van der Waals surface area contributed by atoms with Gasteiger partial charge in [-0.25, -0.2) is 4.79 Å². The standard InChI is InChI=1S/C20H17BrN6O4/c1-13-22-25-26-27(13)17(11-14-5-3-2-4-6-14)20(30)31-12-18(28)23-24-19(29)15-7-9-16(21)10-8-15/h2-11H,12H2,1H3,(H,23,28)(H,24,29)/b17-11+. The van der Waals surface area contributed by atoms with Crippen molar-refractivity contribution in [2.45, 2.75) is 6.92 Å². The zero-order chi connectivity index (χ0) is 22.2. The van der Waals surface area contributed by atoms with E-state index < -0.39 is 24.4 Å². The van der Waals surface area contributed by atoms with E-state index in [-0.39, 0.29) is 5.70 Å². The first-order valence-electron chi connectivity index (χ1n) is 8.98. The van der Waals surface area contributed by atoms with E-state index in [0.29, 0.717) is 11.4 Å². The van der Waals surface area contributed by atoms with Crippen LogP contribution in [-0.2, 0) is 14.3 Å². The number of nitrogens with one attached hydrogen (secondary N) is 2. The van der Waals surface area contributed by atoms with Crippen LogP contribution in [0.2, 0.25) is 0 Å². The molecule has 2 aromatic carbocycles. The Hall–Kier alpha value is -3.86. The maximum Gasteiger partial charge on any atom is 0.357 e. The number of carbonyl (C=O) groups is 3. The number of halogens is 1. The van der Waals surface area contributed by atoms with E-state index in [1.54, 1.807) is 49.4 Å². The van der Waals surface area contributed by atoms with Crippen molar-refractivity contribution in [2.24, 2.45) is 0 Å². The summed E-state index contributed by atoms with van der Waals surface area (Å²) in [5, 5.41) is 11.1. The molecule has 158 valence electrons. The second kappa shape index (κ2) is 10.3. The van der Waals surface area contributed by atoms with E-state index in [4.69, 9.17) is 4.74 Å². The lowest BCUT2D eigenvalue weighted by Crippen LogP contribution is -2.43. The molecule has 0 atom stereocenters. The Morgan fingerprint density at radius 3 is 2.42 bits per heavy atom. The van der Waals surface area contributed by atoms with Crippen molar-refractivity contribution in [1.82, 2.24) is 31.1 Å². The Morgan fingerprint density at radius 1 is 1.06 bits per heavy atom. The Bertz CT molecular complexity index is 1110. The number of nitrogens with zero attached hydrogens (tertiary/aromatic N) is 4. The number of aryl methyl sites for hydroxylation is 1. The van der Waals surface area contributed by atoms with Crippen LogP contribution in [0.15, 0.2) is 59.1 Å². The SMILES string of the molecule is Cc1nnnn1/C(=C/c1ccccc1)C(=O)OCC(=O)NNC(=O)c1ccc(Br)cc1. The Labute approximate surface area is 185 Å². The molecule has 0 aliphatic heterocycles. The predicted molar refractivity (Wildman–Crippen MR) is 114 cm³/mol. The summed E-state index contributed by atoms with van der Waals surface area (Å²) in [5.74, 6) is -1.67. The summed E-state index contributed by atoms with van der Waals surface area (Å²) >= 11 is 3.27. The molecule has 3 rings (SSSR count). The van der Waals surface area contributed by atoms with Gasteiger partial charge in [0, 0.05) is 10.0 Å². The smallest absolute Gasteiger partial charge is 0.357 e. The molecule has 1 aromatic heterocycles. The zero-order valence-electron chi connectivity index (χ0n) is 16.3. The number of hydrazine groups is 1. The molecule has 3 aromatic rings. The van der Waals surface area contributed by atoms with Crippen LogP contribution < -0.4 is 10.9 Å². The molecule has 0 aliphatic rings. The first-order chi connectivity index (χ1) is 14.9. The summed E-state index contributed by atoms with van der Waals surface area (Å²) in [6, 6.07) is 15.6. The van der Waals surface area contributed by atoms with Gasteiger partial charge in [0.1, 0.15) is 0 Å². The van der Waals surface area contributed by atoms with E-state index in [9.17, 15) is 14.4 Å². The van der Waals surface area contributed by atoms with Crippen molar-refractivity contribution in [3.8, 4) is 0 Å². The van der Waals surface area contributed by atoms with Crippen LogP contribution in [0.4, 0.5) is 0 Å². The first-order valence-corrected chi connectivity index (χ1v) is 9.77. The topological polar surface area (TPSA) is 128 Å². The maximum absolute atomic E-state index is 12.6. The normalized spacial score (nSPS) is 11.0. The number of rotatable bonds is 6. The van der Waals surface area contributed by atoms with E-state index in [1.165, 1.54) is 4.68 Å². The summed E-state index contributed by atoms with van der Waals surface area (Å²) in [6.07, 6.45) is 1.54. The lowest BCUT2D eigenvalue weighted by atomic mass is 10.2. The van der Waals surface area contributed by atoms with Crippen molar-refractivity contribution in [3.63, 3.8) is 0 Å². The van der Waals surface area contributed by atoms with Crippen molar-refractivity contribution in [2.75, 3.05) is 6.61 Å². The van der Waals surface area contributed by atoms with Crippen LogP contribution in [0.25, 0.3) is 11.8 Å². The van der Waals surface area contributed by atoms with Gasteiger partial charge in [-0.05, 0) is 53.3 Å². The maximum atomic E-state index is 12.6. The fourth-order valence-corrected chi connectivity index (χ4v) is 2.67. The number of carbonyl (C=O) groups excluding carboxylic acids is 3. The molecule has 0 saturated carbocycles. The Morgan fingerprint density at radius 2 is 1.77 bits per heavy atom. The van der Waals surface area contributed by atoms with Gasteiger partial charge in [-0.15, -0.1) is 5.10 Å². The number of hydrogen-bond acceptors (Lipinski definition) is 7. The number of hydrogen-bond donors (Lipinski definition) is 2. The molecule has 0 fully saturated rings. The number of tetrazole rings is 1. The minimum absolute atomic E-state index is 0.0281. The molecule has 2 N–H and O–H groups in total. The fourth-order valence-electron chi connectivity index (χ4n) is 2.41. The number of ether oxygens (including phenoxy) is 1. The Balaban J connectivity index is 1.61. The first kappa shape index (κ1) is 21.8. The monoisotopic (exact) mass is 484 g/mol. The number of amides is 2. The molecule has 10 nitrogen and oxygen atoms in total. The van der Waals surface area contributed by atoms with Gasteiger partial charge in [0.25, 0.3) is 11.8 Å². The lowest BCUT2D eigenvalue weighted by molar-refractivity contribution is -0.143. The molecule has 0 bridgehead atoms. The third-order valence-electron chi connectivity index (χ3n) is 3.92. The van der Waals surface area contributed by atoms with E-state index >= 15 is 0 Å². The van der Waals surface area contributed by atoms with E-state index in [2.05, 4.69) is 42.3 Å². The third kappa shape index (κ3) is 6.06. The van der Waals surface area contributed by atoms with Crippen molar-refractivity contribution in [1.29, 1.82) is 0 Å². The molecule has 2 amide bonds. The molecule has 0 spiro atoms. The van der Waals surface area contributed by atoms with Crippen molar-refractivity contribution in [3.05, 3.63) is 76.0 Å². The molecule has 0 radical (unpaired) electrons. The van der Waals surface area contributed by atoms with Crippen LogP contribution in [0.3, 0.4) is 0 Å². The van der Waals surface area contributed by atoms with Crippen LogP contribution in [0, 0.1) is 6.92 Å². The third-order valence-corrected chi connectivity index (χ3v) is 4.45. The van der Waals surface area contributed by atoms with Crippen LogP contribution in [0.1, 0.15) is 21.7 Å². The minimum atomic E-state index is -0.811. The molecule has 0 unspecified atom stereocenters. The zero-order valence-corrected chi connectivity index (χ0v) is 17.9. The summed E-state index contributed by atoms with van der Waals surface area (Å²) in [5.41, 5.74) is 5.54. The van der Waals surface area contributed by atoms with Gasteiger partial charge >= 0.3 is 5.97 Å². The van der Waals surface area contributed by atoms with Gasteiger partial charge in [-0.1, -0.05) is 46.3 Å². The largest absolute Gasteiger partial charge is 0.451 e. The second-order valence-electron chi connectivity index (χ2n) is 6.16. The fraction of sp³-hybridized carbons (Fsp3) is 0.100. The van der Waals surface area contributed by atoms with Gasteiger partial charge in [-0.2, -0.15) is 4.68 Å². The highest BCUT2D eigenvalue weighted by Gasteiger charge is 2.19. The Kier molecular flexibility index (Phi) is 7.22. The van der Waals surface area contributed by atoms with E-state index in [1.807, 2.05) is 18.2 Å². The number of benzene rings is 2. The quantitative estimate of drug-likeness (QED) is 0.309. The van der Waals surface area contributed by atoms with Gasteiger partial charge in [0.05, 0.1) is 0 Å². The van der Waals surface area contributed by atoms with Crippen molar-refractivity contribution < 1.29 is 19.1 Å². The van der Waals surface area contributed by atoms with Crippen LogP contribution in [-0.4, -0.2) is 44.6 Å². The number of esters is 1. The average molecular weight is 485 g/mol. The second-order valence-corrected chi connectivity index (χ2v) is 7.08. The number of aromatic nitrogens is 4. The van der Waals surface area contributed by atoms with Crippen LogP contribution >= 0.6 is 15.9 Å². The lowest BCUT2D eigenvalue weighted by Gasteiger charge is -2.10.